The van der Waals surface area contributed by atoms with Crippen molar-refractivity contribution in [3.8, 4) is 0 Å². The molecule has 1 aliphatic rings. The first-order valence-corrected chi connectivity index (χ1v) is 9.26. The summed E-state index contributed by atoms with van der Waals surface area (Å²) < 4.78 is 30.6. The van der Waals surface area contributed by atoms with Crippen molar-refractivity contribution < 1.29 is 17.9 Å². The van der Waals surface area contributed by atoms with E-state index in [1.807, 2.05) is 0 Å². The monoisotopic (exact) mass is 320 g/mol. The largest absolute Gasteiger partial charge is 0.469 e. The Morgan fingerprint density at radius 3 is 2.48 bits per heavy atom. The SMILES string of the molecule is CCCN1CCC(N(C)S(=O)(=O)CCCC(=O)OC)CC1. The first-order chi connectivity index (χ1) is 9.90. The molecule has 0 aliphatic carbocycles. The van der Waals surface area contributed by atoms with Crippen molar-refractivity contribution in [1.29, 1.82) is 0 Å². The Balaban J connectivity index is 2.42. The third kappa shape index (κ3) is 5.92. The molecule has 0 spiro atoms. The summed E-state index contributed by atoms with van der Waals surface area (Å²) in [5.41, 5.74) is 0. The Morgan fingerprint density at radius 1 is 1.33 bits per heavy atom. The quantitative estimate of drug-likeness (QED) is 0.626. The van der Waals surface area contributed by atoms with Crippen LogP contribution in [0.25, 0.3) is 0 Å². The molecule has 124 valence electrons. The maximum atomic E-state index is 12.3. The number of rotatable bonds is 8. The fourth-order valence-corrected chi connectivity index (χ4v) is 4.16. The molecule has 1 heterocycles. The van der Waals surface area contributed by atoms with E-state index >= 15 is 0 Å². The van der Waals surface area contributed by atoms with E-state index in [4.69, 9.17) is 0 Å². The molecule has 0 aromatic heterocycles. The second kappa shape index (κ2) is 8.70. The molecule has 1 aliphatic heterocycles. The van der Waals surface area contributed by atoms with Gasteiger partial charge in [0.05, 0.1) is 12.9 Å². The summed E-state index contributed by atoms with van der Waals surface area (Å²) in [7, 11) is -0.314. The minimum atomic E-state index is -3.29. The van der Waals surface area contributed by atoms with Crippen molar-refractivity contribution in [2.45, 2.75) is 45.1 Å². The number of carbonyl (C=O) groups excluding carboxylic acids is 1. The zero-order valence-electron chi connectivity index (χ0n) is 13.4. The van der Waals surface area contributed by atoms with Crippen molar-refractivity contribution in [3.05, 3.63) is 0 Å². The van der Waals surface area contributed by atoms with Gasteiger partial charge >= 0.3 is 5.97 Å². The van der Waals surface area contributed by atoms with Crippen LogP contribution < -0.4 is 0 Å². The maximum Gasteiger partial charge on any atom is 0.305 e. The topological polar surface area (TPSA) is 66.9 Å². The number of methoxy groups -OCH3 is 1. The van der Waals surface area contributed by atoms with Crippen LogP contribution in [0.15, 0.2) is 0 Å². The molecule has 1 rings (SSSR count). The zero-order valence-corrected chi connectivity index (χ0v) is 14.2. The lowest BCUT2D eigenvalue weighted by Crippen LogP contribution is -2.46. The molecule has 0 atom stereocenters. The highest BCUT2D eigenvalue weighted by Crippen LogP contribution is 2.19. The normalized spacial score (nSPS) is 18.1. The Hall–Kier alpha value is -0.660. The van der Waals surface area contributed by atoms with Crippen LogP contribution in [0.2, 0.25) is 0 Å². The molecule has 0 aromatic rings. The van der Waals surface area contributed by atoms with E-state index in [1.165, 1.54) is 11.4 Å². The van der Waals surface area contributed by atoms with Gasteiger partial charge in [-0.3, -0.25) is 4.79 Å². The molecule has 0 aromatic carbocycles. The lowest BCUT2D eigenvalue weighted by molar-refractivity contribution is -0.140. The summed E-state index contributed by atoms with van der Waals surface area (Å²) in [6, 6.07) is 0.0845. The van der Waals surface area contributed by atoms with Crippen LogP contribution in [0, 0.1) is 0 Å². The fraction of sp³-hybridized carbons (Fsp3) is 0.929. The van der Waals surface area contributed by atoms with E-state index in [2.05, 4.69) is 16.6 Å². The Labute approximate surface area is 128 Å². The summed E-state index contributed by atoms with van der Waals surface area (Å²) in [5, 5.41) is 0. The van der Waals surface area contributed by atoms with Crippen LogP contribution in [0.1, 0.15) is 39.0 Å². The molecule has 0 radical (unpaired) electrons. The molecular weight excluding hydrogens is 292 g/mol. The van der Waals surface area contributed by atoms with Gasteiger partial charge in [0.15, 0.2) is 0 Å². The Kier molecular flexibility index (Phi) is 7.62. The molecule has 1 fully saturated rings. The standard InChI is InChI=1S/C14H28N2O4S/c1-4-9-16-10-7-13(8-11-16)15(2)21(18,19)12-5-6-14(17)20-3/h13H,4-12H2,1-3H3. The van der Waals surface area contributed by atoms with Gasteiger partial charge in [-0.2, -0.15) is 0 Å². The highest BCUT2D eigenvalue weighted by Gasteiger charge is 2.29. The third-order valence-electron chi connectivity index (χ3n) is 4.06. The first-order valence-electron chi connectivity index (χ1n) is 7.65. The van der Waals surface area contributed by atoms with Crippen LogP contribution in [0.3, 0.4) is 0 Å². The number of nitrogens with zero attached hydrogens (tertiary/aromatic N) is 2. The summed E-state index contributed by atoms with van der Waals surface area (Å²) in [4.78, 5) is 13.4. The van der Waals surface area contributed by atoms with E-state index in [9.17, 15) is 13.2 Å². The van der Waals surface area contributed by atoms with Crippen LogP contribution in [0.5, 0.6) is 0 Å². The minimum absolute atomic E-state index is 0.00771. The molecule has 0 bridgehead atoms. The second-order valence-electron chi connectivity index (χ2n) is 5.58. The molecule has 0 unspecified atom stereocenters. The molecule has 1 saturated heterocycles. The third-order valence-corrected chi connectivity index (χ3v) is 6.04. The Bertz CT molecular complexity index is 417. The van der Waals surface area contributed by atoms with Gasteiger partial charge in [-0.25, -0.2) is 12.7 Å². The predicted octanol–water partition coefficient (Wildman–Crippen LogP) is 1.08. The number of likely N-dealkylation sites (tertiary alicyclic amines) is 1. The van der Waals surface area contributed by atoms with Gasteiger partial charge < -0.3 is 9.64 Å². The number of sulfonamides is 1. The van der Waals surface area contributed by atoms with Gasteiger partial charge in [0.25, 0.3) is 0 Å². The van der Waals surface area contributed by atoms with Crippen molar-refractivity contribution >= 4 is 16.0 Å². The predicted molar refractivity (Wildman–Crippen MR) is 82.6 cm³/mol. The van der Waals surface area contributed by atoms with Crippen LogP contribution in [-0.4, -0.2) is 69.2 Å². The summed E-state index contributed by atoms with van der Waals surface area (Å²) >= 11 is 0. The van der Waals surface area contributed by atoms with E-state index in [0.717, 1.165) is 38.9 Å². The fourth-order valence-electron chi connectivity index (χ4n) is 2.69. The van der Waals surface area contributed by atoms with Crippen LogP contribution >= 0.6 is 0 Å². The van der Waals surface area contributed by atoms with Crippen molar-refractivity contribution in [1.82, 2.24) is 9.21 Å². The lowest BCUT2D eigenvalue weighted by atomic mass is 10.1. The van der Waals surface area contributed by atoms with Gasteiger partial charge in [-0.15, -0.1) is 0 Å². The summed E-state index contributed by atoms with van der Waals surface area (Å²) in [6.07, 6.45) is 3.36. The van der Waals surface area contributed by atoms with Crippen molar-refractivity contribution in [3.63, 3.8) is 0 Å². The summed E-state index contributed by atoms with van der Waals surface area (Å²) in [5.74, 6) is -0.353. The van der Waals surface area contributed by atoms with Gasteiger partial charge in [-0.1, -0.05) is 6.92 Å². The number of hydrogen-bond acceptors (Lipinski definition) is 5. The number of carbonyl (C=O) groups is 1. The Morgan fingerprint density at radius 2 is 1.95 bits per heavy atom. The molecule has 6 nitrogen and oxygen atoms in total. The molecule has 0 N–H and O–H groups in total. The van der Waals surface area contributed by atoms with Crippen LogP contribution in [0.4, 0.5) is 0 Å². The summed E-state index contributed by atoms with van der Waals surface area (Å²) in [6.45, 7) is 5.16. The van der Waals surface area contributed by atoms with Crippen molar-refractivity contribution in [2.24, 2.45) is 0 Å². The number of piperidine rings is 1. The lowest BCUT2D eigenvalue weighted by Gasteiger charge is -2.36. The van der Waals surface area contributed by atoms with E-state index in [0.29, 0.717) is 6.42 Å². The number of hydrogen-bond donors (Lipinski definition) is 0. The highest BCUT2D eigenvalue weighted by atomic mass is 32.2. The van der Waals surface area contributed by atoms with Gasteiger partial charge in [0.2, 0.25) is 10.0 Å². The highest BCUT2D eigenvalue weighted by molar-refractivity contribution is 7.89. The smallest absolute Gasteiger partial charge is 0.305 e. The van der Waals surface area contributed by atoms with Crippen molar-refractivity contribution in [2.75, 3.05) is 39.5 Å². The minimum Gasteiger partial charge on any atom is -0.469 e. The second-order valence-corrected chi connectivity index (χ2v) is 7.73. The molecular formula is C14H28N2O4S. The van der Waals surface area contributed by atoms with E-state index < -0.39 is 10.0 Å². The van der Waals surface area contributed by atoms with E-state index in [-0.39, 0.29) is 24.2 Å². The molecule has 21 heavy (non-hydrogen) atoms. The molecule has 0 amide bonds. The zero-order chi connectivity index (χ0) is 15.9. The maximum absolute atomic E-state index is 12.3. The number of esters is 1. The van der Waals surface area contributed by atoms with E-state index in [1.54, 1.807) is 7.05 Å². The average Bonchev–Trinajstić information content (AvgIpc) is 2.47. The average molecular weight is 320 g/mol. The van der Waals surface area contributed by atoms with Gasteiger partial charge in [0.1, 0.15) is 0 Å². The van der Waals surface area contributed by atoms with Gasteiger partial charge in [0, 0.05) is 19.5 Å². The van der Waals surface area contributed by atoms with Crippen LogP contribution in [-0.2, 0) is 19.6 Å². The molecule has 0 saturated carbocycles. The molecule has 7 heteroatoms. The first kappa shape index (κ1) is 18.4. The van der Waals surface area contributed by atoms with Gasteiger partial charge in [-0.05, 0) is 45.3 Å². The number of ether oxygens (including phenoxy) is 1.